The van der Waals surface area contributed by atoms with Crippen LogP contribution in [0, 0.1) is 0 Å². The Morgan fingerprint density at radius 1 is 1.23 bits per heavy atom. The van der Waals surface area contributed by atoms with E-state index >= 15 is 0 Å². The van der Waals surface area contributed by atoms with Gasteiger partial charge < -0.3 is 4.90 Å². The van der Waals surface area contributed by atoms with Crippen LogP contribution in [0.4, 0.5) is 0 Å². The molecule has 1 aromatic heterocycles. The molecule has 4 rings (SSSR count). The normalized spacial score (nSPS) is 18.9. The molecular weight excluding hydrogens is 346 g/mol. The number of fused-ring (bicyclic) bond motifs is 2. The summed E-state index contributed by atoms with van der Waals surface area (Å²) in [7, 11) is 1.96. The van der Waals surface area contributed by atoms with Crippen molar-refractivity contribution in [3.63, 3.8) is 0 Å². The van der Waals surface area contributed by atoms with Crippen LogP contribution in [0.1, 0.15) is 47.2 Å². The molecule has 1 aromatic carbocycles. The molecule has 4 nitrogen and oxygen atoms in total. The van der Waals surface area contributed by atoms with Gasteiger partial charge in [-0.15, -0.1) is 11.6 Å². The van der Waals surface area contributed by atoms with Crippen molar-refractivity contribution < 1.29 is 4.79 Å². The molecule has 0 aliphatic heterocycles. The molecule has 0 radical (unpaired) electrons. The fraction of sp³-hybridized carbons (Fsp3) is 0.524. The quantitative estimate of drug-likeness (QED) is 0.772. The number of carbonyl (C=O) groups excluding carboxylic acids is 1. The molecular formula is C21H26ClN3O. The van der Waals surface area contributed by atoms with Crippen LogP contribution in [0.2, 0.25) is 0 Å². The maximum atomic E-state index is 12.6. The molecule has 1 heterocycles. The van der Waals surface area contributed by atoms with Crippen molar-refractivity contribution in [1.29, 1.82) is 0 Å². The fourth-order valence-electron chi connectivity index (χ4n) is 4.46. The average Bonchev–Trinajstić information content (AvgIpc) is 3.04. The number of aryl methyl sites for hydroxylation is 4. The molecule has 0 N–H and O–H groups in total. The summed E-state index contributed by atoms with van der Waals surface area (Å²) >= 11 is 5.94. The summed E-state index contributed by atoms with van der Waals surface area (Å²) < 4.78 is 1.88. The number of rotatable bonds is 4. The zero-order valence-corrected chi connectivity index (χ0v) is 16.1. The molecule has 0 spiro atoms. The van der Waals surface area contributed by atoms with E-state index in [1.807, 2.05) is 16.6 Å². The van der Waals surface area contributed by atoms with Gasteiger partial charge in [0.2, 0.25) is 5.91 Å². The molecule has 1 unspecified atom stereocenters. The van der Waals surface area contributed by atoms with Crippen LogP contribution >= 0.6 is 11.6 Å². The third kappa shape index (κ3) is 3.52. The number of amides is 1. The summed E-state index contributed by atoms with van der Waals surface area (Å²) in [6, 6.07) is 6.93. The lowest BCUT2D eigenvalue weighted by Crippen LogP contribution is -2.43. The predicted octanol–water partition coefficient (Wildman–Crippen LogP) is 3.42. The van der Waals surface area contributed by atoms with Gasteiger partial charge in [0.05, 0.1) is 5.69 Å². The Bertz CT molecular complexity index is 814. The molecule has 2 aliphatic rings. The molecule has 5 heteroatoms. The minimum atomic E-state index is 0.0220. The van der Waals surface area contributed by atoms with Crippen molar-refractivity contribution in [2.45, 2.75) is 57.5 Å². The Morgan fingerprint density at radius 3 is 2.85 bits per heavy atom. The van der Waals surface area contributed by atoms with Crippen LogP contribution in [-0.2, 0) is 44.1 Å². The highest BCUT2D eigenvalue weighted by molar-refractivity contribution is 6.27. The van der Waals surface area contributed by atoms with Gasteiger partial charge >= 0.3 is 0 Å². The summed E-state index contributed by atoms with van der Waals surface area (Å²) in [5.41, 5.74) is 6.60. The highest BCUT2D eigenvalue weighted by atomic mass is 35.5. The SMILES string of the molecule is Cn1cc2c(n1)CC(N(Cc1ccc3c(c1)CCCC3)C(=O)CCl)CC2. The Labute approximate surface area is 160 Å². The van der Waals surface area contributed by atoms with Crippen LogP contribution in [0.15, 0.2) is 24.4 Å². The predicted molar refractivity (Wildman–Crippen MR) is 103 cm³/mol. The van der Waals surface area contributed by atoms with E-state index in [-0.39, 0.29) is 17.8 Å². The summed E-state index contributed by atoms with van der Waals surface area (Å²) in [6.45, 7) is 0.645. The summed E-state index contributed by atoms with van der Waals surface area (Å²) in [4.78, 5) is 14.6. The van der Waals surface area contributed by atoms with E-state index in [2.05, 4.69) is 29.5 Å². The zero-order chi connectivity index (χ0) is 18.1. The molecule has 0 bridgehead atoms. The first-order valence-electron chi connectivity index (χ1n) is 9.61. The second-order valence-corrected chi connectivity index (χ2v) is 7.90. The van der Waals surface area contributed by atoms with Crippen molar-refractivity contribution >= 4 is 17.5 Å². The van der Waals surface area contributed by atoms with Gasteiger partial charge in [-0.05, 0) is 60.8 Å². The van der Waals surface area contributed by atoms with E-state index in [0.717, 1.165) is 31.4 Å². The van der Waals surface area contributed by atoms with Crippen LogP contribution in [-0.4, -0.2) is 32.5 Å². The molecule has 1 amide bonds. The topological polar surface area (TPSA) is 38.1 Å². The second kappa shape index (κ2) is 7.43. The summed E-state index contributed by atoms with van der Waals surface area (Å²) in [5.74, 6) is 0.0602. The number of benzene rings is 1. The Kier molecular flexibility index (Phi) is 5.03. The second-order valence-electron chi connectivity index (χ2n) is 7.64. The van der Waals surface area contributed by atoms with E-state index in [4.69, 9.17) is 11.6 Å². The van der Waals surface area contributed by atoms with Gasteiger partial charge in [-0.1, -0.05) is 18.2 Å². The lowest BCUT2D eigenvalue weighted by atomic mass is 9.89. The molecule has 0 fully saturated rings. The van der Waals surface area contributed by atoms with Crippen LogP contribution < -0.4 is 0 Å². The van der Waals surface area contributed by atoms with Crippen molar-refractivity contribution in [2.24, 2.45) is 7.05 Å². The molecule has 138 valence electrons. The lowest BCUT2D eigenvalue weighted by Gasteiger charge is -2.34. The Balaban J connectivity index is 1.55. The molecule has 2 aromatic rings. The van der Waals surface area contributed by atoms with E-state index in [1.54, 1.807) is 0 Å². The lowest BCUT2D eigenvalue weighted by molar-refractivity contribution is -0.131. The van der Waals surface area contributed by atoms with E-state index < -0.39 is 0 Å². The molecule has 26 heavy (non-hydrogen) atoms. The van der Waals surface area contributed by atoms with Gasteiger partial charge in [-0.25, -0.2) is 0 Å². The smallest absolute Gasteiger partial charge is 0.238 e. The van der Waals surface area contributed by atoms with Crippen molar-refractivity contribution in [3.8, 4) is 0 Å². The van der Waals surface area contributed by atoms with Gasteiger partial charge in [0.1, 0.15) is 5.88 Å². The number of halogens is 1. The summed E-state index contributed by atoms with van der Waals surface area (Å²) in [5, 5.41) is 4.58. The van der Waals surface area contributed by atoms with Crippen LogP contribution in [0.5, 0.6) is 0 Å². The molecule has 1 atom stereocenters. The first-order valence-corrected chi connectivity index (χ1v) is 10.1. The van der Waals surface area contributed by atoms with Crippen molar-refractivity contribution in [3.05, 3.63) is 52.3 Å². The number of hydrogen-bond donors (Lipinski definition) is 0. The molecule has 0 saturated heterocycles. The first kappa shape index (κ1) is 17.6. The van der Waals surface area contributed by atoms with Gasteiger partial charge in [0.25, 0.3) is 0 Å². The van der Waals surface area contributed by atoms with E-state index in [0.29, 0.717) is 6.54 Å². The Morgan fingerprint density at radius 2 is 2.04 bits per heavy atom. The van der Waals surface area contributed by atoms with Gasteiger partial charge in [0, 0.05) is 32.3 Å². The van der Waals surface area contributed by atoms with Gasteiger partial charge in [0.15, 0.2) is 0 Å². The minimum absolute atomic E-state index is 0.0220. The average molecular weight is 372 g/mol. The standard InChI is InChI=1S/C21H26ClN3O/c1-24-14-18-8-9-19(11-20(18)23-24)25(21(26)12-22)13-15-6-7-16-4-2-3-5-17(16)10-15/h6-7,10,14,19H,2-5,8-9,11-13H2,1H3. The zero-order valence-electron chi connectivity index (χ0n) is 15.4. The van der Waals surface area contributed by atoms with Crippen LogP contribution in [0.3, 0.4) is 0 Å². The maximum Gasteiger partial charge on any atom is 0.238 e. The third-order valence-electron chi connectivity index (χ3n) is 5.81. The third-order valence-corrected chi connectivity index (χ3v) is 6.04. The molecule has 0 saturated carbocycles. The maximum absolute atomic E-state index is 12.6. The minimum Gasteiger partial charge on any atom is -0.334 e. The number of alkyl halides is 1. The number of hydrogen-bond acceptors (Lipinski definition) is 2. The van der Waals surface area contributed by atoms with Crippen LogP contribution in [0.25, 0.3) is 0 Å². The first-order chi connectivity index (χ1) is 12.6. The largest absolute Gasteiger partial charge is 0.334 e. The number of aromatic nitrogens is 2. The monoisotopic (exact) mass is 371 g/mol. The van der Waals surface area contributed by atoms with E-state index in [1.165, 1.54) is 41.5 Å². The van der Waals surface area contributed by atoms with E-state index in [9.17, 15) is 4.79 Å². The van der Waals surface area contributed by atoms with Crippen molar-refractivity contribution in [1.82, 2.24) is 14.7 Å². The molecule has 2 aliphatic carbocycles. The highest BCUT2D eigenvalue weighted by Crippen LogP contribution is 2.27. The Hall–Kier alpha value is -1.81. The number of carbonyl (C=O) groups is 1. The fourth-order valence-corrected chi connectivity index (χ4v) is 4.61. The highest BCUT2D eigenvalue weighted by Gasteiger charge is 2.29. The van der Waals surface area contributed by atoms with Crippen molar-refractivity contribution in [2.75, 3.05) is 5.88 Å². The van der Waals surface area contributed by atoms with Gasteiger partial charge in [-0.2, -0.15) is 5.10 Å². The van der Waals surface area contributed by atoms with Gasteiger partial charge in [-0.3, -0.25) is 9.48 Å². The summed E-state index contributed by atoms with van der Waals surface area (Å²) in [6.07, 6.45) is 9.78. The number of nitrogens with zero attached hydrogens (tertiary/aromatic N) is 3.